The molecule has 0 unspecified atom stereocenters. The van der Waals surface area contributed by atoms with Gasteiger partial charge in [-0.3, -0.25) is 4.98 Å². The molecule has 0 fully saturated rings. The van der Waals surface area contributed by atoms with Crippen LogP contribution in [0, 0.1) is 6.07 Å². The predicted molar refractivity (Wildman–Crippen MR) is 101 cm³/mol. The van der Waals surface area contributed by atoms with Crippen molar-refractivity contribution in [3.8, 4) is 17.1 Å². The van der Waals surface area contributed by atoms with Crippen LogP contribution in [0.15, 0.2) is 79.1 Å². The normalized spacial score (nSPS) is 10.9. The molecule has 0 saturated heterocycles. The maximum absolute atomic E-state index is 4.53. The van der Waals surface area contributed by atoms with Crippen LogP contribution in [0.2, 0.25) is 0 Å². The maximum atomic E-state index is 4.53. The summed E-state index contributed by atoms with van der Waals surface area (Å²) in [7, 11) is 0. The van der Waals surface area contributed by atoms with Crippen molar-refractivity contribution in [3.63, 3.8) is 0 Å². The predicted octanol–water partition coefficient (Wildman–Crippen LogP) is 5.70. The Morgan fingerprint density at radius 3 is 2.60 bits per heavy atom. The molecule has 2 aromatic heterocycles. The van der Waals surface area contributed by atoms with E-state index in [1.54, 1.807) is 0 Å². The average Bonchev–Trinajstić information content (AvgIpc) is 3.26. The van der Waals surface area contributed by atoms with Crippen LogP contribution in [0.4, 0.5) is 0 Å². The summed E-state index contributed by atoms with van der Waals surface area (Å²) in [5.74, 6) is 0.912. The fourth-order valence-corrected chi connectivity index (χ4v) is 4.19. The third kappa shape index (κ3) is 2.73. The second-order valence-electron chi connectivity index (χ2n) is 5.68. The summed E-state index contributed by atoms with van der Waals surface area (Å²) in [6.07, 6.45) is 3.85. The Kier molecular flexibility index (Phi) is 4.26. The Hall–Kier alpha value is -2.26. The van der Waals surface area contributed by atoms with Crippen LogP contribution >= 0.6 is 11.3 Å². The molecular weight excluding hydrogens is 505 g/mol. The zero-order valence-corrected chi connectivity index (χ0v) is 16.4. The van der Waals surface area contributed by atoms with Crippen LogP contribution in [0.25, 0.3) is 37.2 Å². The third-order valence-corrected chi connectivity index (χ3v) is 5.38. The summed E-state index contributed by atoms with van der Waals surface area (Å²) in [4.78, 5) is 4.53. The fraction of sp³-hybridized carbons (Fsp3) is 0. The molecule has 0 aliphatic carbocycles. The van der Waals surface area contributed by atoms with Gasteiger partial charge in [0.15, 0.2) is 0 Å². The van der Waals surface area contributed by atoms with Gasteiger partial charge in [-0.2, -0.15) is 0 Å². The number of benzene rings is 3. The molecule has 5 rings (SSSR count). The molecular formula is C21H13IrN2S-. The number of hydrogen-bond acceptors (Lipinski definition) is 2. The van der Waals surface area contributed by atoms with Crippen molar-refractivity contribution in [3.05, 3.63) is 85.2 Å². The van der Waals surface area contributed by atoms with Gasteiger partial charge in [-0.25, -0.2) is 0 Å². The second-order valence-corrected chi connectivity index (χ2v) is 6.76. The molecule has 3 aromatic carbocycles. The first kappa shape index (κ1) is 16.2. The van der Waals surface area contributed by atoms with E-state index in [0.717, 1.165) is 17.1 Å². The number of nitrogens with zero attached hydrogens (tertiary/aromatic N) is 2. The van der Waals surface area contributed by atoms with Crippen molar-refractivity contribution < 1.29 is 20.1 Å². The first-order valence-corrected chi connectivity index (χ1v) is 8.64. The molecule has 4 heteroatoms. The van der Waals surface area contributed by atoms with Crippen molar-refractivity contribution >= 4 is 31.5 Å². The van der Waals surface area contributed by atoms with Crippen LogP contribution < -0.4 is 0 Å². The molecule has 2 nitrogen and oxygen atoms in total. The molecule has 1 radical (unpaired) electrons. The number of thiophene rings is 1. The van der Waals surface area contributed by atoms with Crippen molar-refractivity contribution in [1.82, 2.24) is 9.55 Å². The van der Waals surface area contributed by atoms with Crippen molar-refractivity contribution in [2.45, 2.75) is 0 Å². The van der Waals surface area contributed by atoms with E-state index in [4.69, 9.17) is 0 Å². The molecule has 0 saturated carbocycles. The number of rotatable bonds is 2. The number of hydrogen-bond donors (Lipinski definition) is 0. The maximum Gasteiger partial charge on any atom is 0.0602 e. The molecule has 0 atom stereocenters. The summed E-state index contributed by atoms with van der Waals surface area (Å²) < 4.78 is 4.76. The monoisotopic (exact) mass is 518 g/mol. The van der Waals surface area contributed by atoms with Crippen LogP contribution in [-0.2, 0) is 20.1 Å². The SMILES string of the molecule is [Ir].[c-]1ccccc1-c1nccn1-c1ccc2sc3ccccc3c2c1. The first-order chi connectivity index (χ1) is 11.9. The molecule has 0 spiro atoms. The summed E-state index contributed by atoms with van der Waals surface area (Å²) in [6, 6.07) is 26.4. The van der Waals surface area contributed by atoms with E-state index >= 15 is 0 Å². The van der Waals surface area contributed by atoms with Gasteiger partial charge in [0.05, 0.1) is 5.82 Å². The second kappa shape index (κ2) is 6.57. The van der Waals surface area contributed by atoms with Gasteiger partial charge >= 0.3 is 0 Å². The standard InChI is InChI=1S/C21H13N2S.Ir/c1-2-6-15(7-3-1)21-22-12-13-23(21)16-10-11-20-18(14-16)17-8-4-5-9-19(17)24-20;/h1-6,8-14H;/q-1;. The number of fused-ring (bicyclic) bond motifs is 3. The molecule has 0 amide bonds. The molecule has 2 heterocycles. The first-order valence-electron chi connectivity index (χ1n) is 7.82. The topological polar surface area (TPSA) is 17.8 Å². The van der Waals surface area contributed by atoms with Gasteiger partial charge in [0.2, 0.25) is 0 Å². The van der Waals surface area contributed by atoms with Gasteiger partial charge in [0.1, 0.15) is 0 Å². The van der Waals surface area contributed by atoms with E-state index in [1.807, 2.05) is 48.0 Å². The largest absolute Gasteiger partial charge is 0.340 e. The van der Waals surface area contributed by atoms with E-state index in [-0.39, 0.29) is 20.1 Å². The summed E-state index contributed by atoms with van der Waals surface area (Å²) in [6.45, 7) is 0. The van der Waals surface area contributed by atoms with Crippen molar-refractivity contribution in [2.75, 3.05) is 0 Å². The van der Waals surface area contributed by atoms with Gasteiger partial charge in [-0.1, -0.05) is 18.2 Å². The molecule has 0 bridgehead atoms. The number of aromatic nitrogens is 2. The van der Waals surface area contributed by atoms with Gasteiger partial charge in [-0.15, -0.1) is 47.2 Å². The van der Waals surface area contributed by atoms with Gasteiger partial charge in [0, 0.05) is 58.4 Å². The zero-order valence-electron chi connectivity index (χ0n) is 13.1. The molecule has 123 valence electrons. The zero-order chi connectivity index (χ0) is 15.9. The molecule has 0 aliphatic rings. The molecule has 25 heavy (non-hydrogen) atoms. The van der Waals surface area contributed by atoms with Gasteiger partial charge in [0.25, 0.3) is 0 Å². The summed E-state index contributed by atoms with van der Waals surface area (Å²) in [5.41, 5.74) is 2.12. The average molecular weight is 518 g/mol. The minimum atomic E-state index is 0. The Balaban J connectivity index is 0.00000157. The minimum absolute atomic E-state index is 0. The Morgan fingerprint density at radius 2 is 1.72 bits per heavy atom. The van der Waals surface area contributed by atoms with Crippen LogP contribution in [0.5, 0.6) is 0 Å². The molecule has 0 aliphatic heterocycles. The Morgan fingerprint density at radius 1 is 0.880 bits per heavy atom. The van der Waals surface area contributed by atoms with E-state index in [1.165, 1.54) is 20.2 Å². The van der Waals surface area contributed by atoms with Gasteiger partial charge < -0.3 is 4.57 Å². The smallest absolute Gasteiger partial charge is 0.0602 e. The third-order valence-electron chi connectivity index (χ3n) is 4.23. The van der Waals surface area contributed by atoms with E-state index < -0.39 is 0 Å². The molecule has 0 N–H and O–H groups in total. The molecule has 5 aromatic rings. The van der Waals surface area contributed by atoms with Crippen LogP contribution in [0.3, 0.4) is 0 Å². The quantitative estimate of drug-likeness (QED) is 0.275. The van der Waals surface area contributed by atoms with Crippen molar-refractivity contribution in [1.29, 1.82) is 0 Å². The van der Waals surface area contributed by atoms with E-state index in [0.29, 0.717) is 0 Å². The summed E-state index contributed by atoms with van der Waals surface area (Å²) >= 11 is 1.84. The Bertz CT molecular complexity index is 1160. The van der Waals surface area contributed by atoms with E-state index in [2.05, 4.69) is 58.1 Å². The van der Waals surface area contributed by atoms with Crippen LogP contribution in [-0.4, -0.2) is 9.55 Å². The van der Waals surface area contributed by atoms with Crippen LogP contribution in [0.1, 0.15) is 0 Å². The van der Waals surface area contributed by atoms with Crippen molar-refractivity contribution in [2.24, 2.45) is 0 Å². The number of imidazole rings is 1. The fourth-order valence-electron chi connectivity index (χ4n) is 3.11. The van der Waals surface area contributed by atoms with E-state index in [9.17, 15) is 0 Å². The summed E-state index contributed by atoms with van der Waals surface area (Å²) in [5, 5.41) is 2.61. The van der Waals surface area contributed by atoms with Gasteiger partial charge in [-0.05, 0) is 24.3 Å². The minimum Gasteiger partial charge on any atom is -0.340 e. The Labute approximate surface area is 163 Å².